The number of oxazole rings is 1. The Bertz CT molecular complexity index is 2310. The number of aromatic amines is 2. The van der Waals surface area contributed by atoms with Gasteiger partial charge in [0.05, 0.1) is 58.4 Å². The fourth-order valence-corrected chi connectivity index (χ4v) is 6.03. The molecule has 13 heterocycles. The van der Waals surface area contributed by atoms with Gasteiger partial charge in [0.15, 0.2) is 6.39 Å². The van der Waals surface area contributed by atoms with Gasteiger partial charge in [-0.15, -0.1) is 0 Å². The Labute approximate surface area is 904 Å². The maximum Gasteiger partial charge on any atom is 0.407 e. The lowest BCUT2D eigenvalue weighted by Gasteiger charge is -2.11. The third-order valence-electron chi connectivity index (χ3n) is 9.96. The number of aliphatic imine (C=N–C) groups is 2. The molecule has 14 rings (SSSR count). The van der Waals surface area contributed by atoms with Crippen molar-refractivity contribution in [3.8, 4) is 0 Å². The second-order valence-electron chi connectivity index (χ2n) is 57.1. The molecule has 23 heteroatoms. The average Bonchev–Trinajstić information content (AvgIpc) is 1.90. The molecule has 8 saturated heterocycles. The number of ketones is 1. The summed E-state index contributed by atoms with van der Waals surface area (Å²) in [5.41, 5.74) is 6.50. The van der Waals surface area contributed by atoms with Gasteiger partial charge in [0.2, 0.25) is 0 Å². The molecule has 1 aliphatic carbocycles. The lowest BCUT2D eigenvalue weighted by molar-refractivity contribution is -0.117. The predicted molar refractivity (Wildman–Crippen MR) is 645 cm³/mol. The van der Waals surface area contributed by atoms with E-state index in [1.807, 2.05) is 61.2 Å². The highest BCUT2D eigenvalue weighted by atomic mass is 16.6. The Hall–Kier alpha value is -5.76. The Morgan fingerprint density at radius 1 is 0.276 bits per heavy atom. The molecule has 145 heavy (non-hydrogen) atoms. The SMILES string of the molecule is C1=NC=NC1.C1CCNC1.C1CCOC1.C1CCOCC1.C1CNCCN1.C1COCCN1.C1COCN1.CC(C)(C)C.CC(C)(C)C.CC(C)(C)C.CC(C)(C)C.CC(C)(C)C.CC(C)(C)C.CC(C)(C)C.CC(C)(C)C.CC(C)(C)C.CC(C)(C)C.CC(C)(C)C.CC(C)(C)C.CC(C)(C)C.CC(C)C.O=C1CCCC1.O=C1NCCN1.O=C1NCCO1.c1cc[nH]c1.c1cc[nH]c1.c1ccoc1.c1cocn1. The van der Waals surface area contributed by atoms with Crippen LogP contribution in [0, 0.1) is 76.3 Å². The average molecular weight is 2070 g/mol. The molecule has 0 bridgehead atoms. The zero-order valence-electron chi connectivity index (χ0n) is 107. The van der Waals surface area contributed by atoms with Crippen LogP contribution in [0.4, 0.5) is 9.59 Å². The number of hydrogen-bond acceptors (Lipinski definition) is 18. The molecule has 23 nitrogen and oxygen atoms in total. The molecule has 872 valence electrons. The predicted octanol–water partition coefficient (Wildman–Crippen LogP) is 33.3. The zero-order chi connectivity index (χ0) is 116. The van der Waals surface area contributed by atoms with Crippen LogP contribution in [0.5, 0.6) is 0 Å². The molecular weight excluding hydrogens is 1810 g/mol. The number of nitrogens with zero attached hydrogens (tertiary/aromatic N) is 3. The molecule has 9 fully saturated rings. The van der Waals surface area contributed by atoms with Gasteiger partial charge in [0.25, 0.3) is 0 Å². The van der Waals surface area contributed by atoms with Crippen LogP contribution in [0.1, 0.15) is 451 Å². The lowest BCUT2D eigenvalue weighted by atomic mass is 10.0. The van der Waals surface area contributed by atoms with E-state index in [0.29, 0.717) is 89.3 Å². The first kappa shape index (κ1) is 170. The summed E-state index contributed by atoms with van der Waals surface area (Å²) in [4.78, 5) is 46.9. The van der Waals surface area contributed by atoms with Crippen molar-refractivity contribution in [2.45, 2.75) is 451 Å². The number of rotatable bonds is 0. The van der Waals surface area contributed by atoms with Crippen LogP contribution in [-0.4, -0.2) is 190 Å². The molecule has 4 aromatic rings. The number of Topliss-reactive ketones (excluding diaryl/α,β-unsaturated/α-hetero) is 1. The van der Waals surface area contributed by atoms with Gasteiger partial charge in [-0.05, 0) is 184 Å². The number of morpholine rings is 1. The van der Waals surface area contributed by atoms with Crippen LogP contribution in [0.2, 0.25) is 0 Å². The molecule has 0 aromatic carbocycles. The van der Waals surface area contributed by atoms with E-state index in [-0.39, 0.29) is 12.1 Å². The second-order valence-corrected chi connectivity index (χ2v) is 57.1. The topological polar surface area (TPSA) is 289 Å². The number of carbonyl (C=O) groups excluding carboxylic acids is 3. The van der Waals surface area contributed by atoms with Crippen LogP contribution < -0.4 is 42.5 Å². The number of carbonyl (C=O) groups is 3. The monoisotopic (exact) mass is 2070 g/mol. The number of hydrogen-bond donors (Lipinski definition) is 10. The Morgan fingerprint density at radius 2 is 0.552 bits per heavy atom. The minimum atomic E-state index is -0.296. The van der Waals surface area contributed by atoms with E-state index in [0.717, 1.165) is 150 Å². The summed E-state index contributed by atoms with van der Waals surface area (Å²) in [5.74, 6) is 1.29. The number of aromatic nitrogens is 3. The van der Waals surface area contributed by atoms with E-state index >= 15 is 0 Å². The van der Waals surface area contributed by atoms with Gasteiger partial charge in [0, 0.05) is 129 Å². The van der Waals surface area contributed by atoms with Crippen molar-refractivity contribution < 1.29 is 46.9 Å². The van der Waals surface area contributed by atoms with Crippen LogP contribution in [-0.2, 0) is 28.5 Å². The van der Waals surface area contributed by atoms with Crippen molar-refractivity contribution in [1.29, 1.82) is 0 Å². The summed E-state index contributed by atoms with van der Waals surface area (Å²) >= 11 is 0. The quantitative estimate of drug-likeness (QED) is 0.0783. The largest absolute Gasteiger partial charge is 0.473 e. The number of amides is 3. The van der Waals surface area contributed by atoms with E-state index < -0.39 is 0 Å². The highest BCUT2D eigenvalue weighted by molar-refractivity contribution is 5.80. The van der Waals surface area contributed by atoms with Gasteiger partial charge in [0.1, 0.15) is 25.0 Å². The highest BCUT2D eigenvalue weighted by Gasteiger charge is 2.10. The number of urea groups is 1. The van der Waals surface area contributed by atoms with Gasteiger partial charge < -0.3 is 79.7 Å². The van der Waals surface area contributed by atoms with Crippen LogP contribution in [0.25, 0.3) is 0 Å². The van der Waals surface area contributed by atoms with Crippen LogP contribution in [0.3, 0.4) is 0 Å². The minimum absolute atomic E-state index is 0.0463. The first-order valence-corrected chi connectivity index (χ1v) is 54.6. The van der Waals surface area contributed by atoms with Crippen molar-refractivity contribution >= 4 is 30.5 Å². The summed E-state index contributed by atoms with van der Waals surface area (Å²) in [5, 5.41) is 23.4. The van der Waals surface area contributed by atoms with Gasteiger partial charge in [-0.1, -0.05) is 381 Å². The number of H-pyrrole nitrogens is 2. The molecule has 0 unspecified atom stereocenters. The van der Waals surface area contributed by atoms with E-state index in [4.69, 9.17) is 18.9 Å². The number of piperazine rings is 1. The van der Waals surface area contributed by atoms with Crippen molar-refractivity contribution in [2.24, 2.45) is 86.3 Å². The van der Waals surface area contributed by atoms with Crippen molar-refractivity contribution in [2.75, 3.05) is 145 Å². The molecule has 3 amide bonds. The molecular formula is C122H259N13O10. The fraction of sp³-hybridized carbons (Fsp3) is 0.836. The molecule has 0 radical (unpaired) electrons. The van der Waals surface area contributed by atoms with E-state index in [2.05, 4.69) is 462 Å². The summed E-state index contributed by atoms with van der Waals surface area (Å²) in [6, 6.07) is 11.4. The number of furan rings is 1. The second kappa shape index (κ2) is 109. The van der Waals surface area contributed by atoms with E-state index in [9.17, 15) is 14.4 Å². The summed E-state index contributed by atoms with van der Waals surface area (Å²) in [6.45, 7) is 141. The first-order chi connectivity index (χ1) is 65.4. The smallest absolute Gasteiger partial charge is 0.407 e. The first-order valence-electron chi connectivity index (χ1n) is 54.6. The van der Waals surface area contributed by atoms with Crippen LogP contribution in [0.15, 0.2) is 111 Å². The van der Waals surface area contributed by atoms with Crippen molar-refractivity contribution in [3.63, 3.8) is 0 Å². The third kappa shape index (κ3) is 478. The molecule has 0 atom stereocenters. The molecule has 9 aliphatic heterocycles. The van der Waals surface area contributed by atoms with Gasteiger partial charge in [-0.25, -0.2) is 19.6 Å². The highest BCUT2D eigenvalue weighted by Crippen LogP contribution is 2.16. The summed E-state index contributed by atoms with van der Waals surface area (Å²) in [7, 11) is 0. The molecule has 4 aromatic heterocycles. The number of alkyl carbamates (subject to hydrolysis) is 1. The minimum Gasteiger partial charge on any atom is -0.473 e. The molecule has 1 saturated carbocycles. The fourth-order valence-electron chi connectivity index (χ4n) is 6.03. The molecule has 0 spiro atoms. The Kier molecular flexibility index (Phi) is 128. The Balaban J connectivity index is -0.000000102. The Morgan fingerprint density at radius 3 is 0.641 bits per heavy atom. The molecule has 10 N–H and O–H groups in total. The van der Waals surface area contributed by atoms with Crippen molar-refractivity contribution in [1.82, 2.24) is 57.5 Å². The van der Waals surface area contributed by atoms with E-state index in [1.165, 1.54) is 70.7 Å². The van der Waals surface area contributed by atoms with Gasteiger partial charge in [-0.2, -0.15) is 0 Å². The lowest BCUT2D eigenvalue weighted by Crippen LogP contribution is -2.39. The number of cyclic esters (lactones) is 1. The maximum atomic E-state index is 10.2. The van der Waals surface area contributed by atoms with E-state index in [1.54, 1.807) is 31.3 Å². The van der Waals surface area contributed by atoms with Gasteiger partial charge in [-0.3, -0.25) is 15.1 Å². The number of ether oxygens (including phenoxy) is 5. The number of nitrogens with one attached hydrogen (secondary N) is 10. The maximum absolute atomic E-state index is 10.2. The standard InChI is InChI=1S/C5H10O.C5H8O.13C5H12.C4H10N2.C4H9NO.C4H9N.2C4H5N.C4H8O.C4H4O.C4H10.C3H6N2O.C3H4N2.C3H5NO2.C3H7NO.C3H3NO/c1-2-4-6-5-3-1;6-5-3-1-2-4-5;13*1-5(2,3)4;1-2-6-4-3-5-1;1-3-6-4-2-5-1;5*1-2-4-5-3-1;1-4(2)3;6-3-4-1-2-5-3;1-2-5-3-4-1;5-3-4-1-2-6-3;2*1-2-5-3-4-1/h1-5H2;1-4H2;13*1-4H3;5-6H,1-4H2;5H,1-4H2;5H,1-4H2;2*1-5H;1-4H2;1-4H;4H,1-3H3;1-2H2,(H2,4,5,6);1,3H,2H2;1-2H2,(H,4,5);4H,1-3H2;1-3H. The molecule has 10 aliphatic rings. The third-order valence-corrected chi connectivity index (χ3v) is 9.96. The van der Waals surface area contributed by atoms with Crippen molar-refractivity contribution in [3.05, 3.63) is 92.6 Å². The normalized spacial score (nSPS) is 15.4. The van der Waals surface area contributed by atoms with Gasteiger partial charge >= 0.3 is 12.1 Å². The summed E-state index contributed by atoms with van der Waals surface area (Å²) in [6.07, 6.45) is 31.5. The van der Waals surface area contributed by atoms with Crippen LogP contribution >= 0.6 is 0 Å². The zero-order valence-corrected chi connectivity index (χ0v) is 107. The summed E-state index contributed by atoms with van der Waals surface area (Å²) < 4.78 is 33.3.